The van der Waals surface area contributed by atoms with Gasteiger partial charge in [0.15, 0.2) is 11.5 Å². The molecule has 4 heterocycles. The lowest BCUT2D eigenvalue weighted by Gasteiger charge is -2.36. The van der Waals surface area contributed by atoms with Gasteiger partial charge >= 0.3 is 0 Å². The van der Waals surface area contributed by atoms with Crippen molar-refractivity contribution in [2.45, 2.75) is 64.1 Å². The summed E-state index contributed by atoms with van der Waals surface area (Å²) >= 11 is 0. The fourth-order valence-electron chi connectivity index (χ4n) is 5.49. The molecule has 2 fully saturated rings. The number of phenolic OH excluding ortho intramolecular Hbond substituents is 1. The lowest BCUT2D eigenvalue weighted by atomic mass is 9.97. The van der Waals surface area contributed by atoms with E-state index in [1.807, 2.05) is 19.1 Å². The standard InChI is InChI=1S/C25H32N4O2/c1-3-7-18-12-17(13-23(24(18)30)31-4-2)16-29-19-8-9-22(29)20-15-26-25(27-21(20)14-19)28-10-5-6-11-28/h3,12-13,15,19,22,30H,1,4-11,14,16H2,2H3. The molecule has 2 saturated heterocycles. The maximum absolute atomic E-state index is 10.5. The first-order valence-corrected chi connectivity index (χ1v) is 11.6. The molecule has 6 heteroatoms. The van der Waals surface area contributed by atoms with Crippen molar-refractivity contribution in [3.8, 4) is 11.5 Å². The molecule has 2 aromatic rings. The molecule has 164 valence electrons. The Hall–Kier alpha value is -2.60. The van der Waals surface area contributed by atoms with E-state index in [2.05, 4.69) is 28.6 Å². The molecule has 5 rings (SSSR count). The first-order chi connectivity index (χ1) is 15.2. The third-order valence-corrected chi connectivity index (χ3v) is 6.95. The molecule has 2 atom stereocenters. The summed E-state index contributed by atoms with van der Waals surface area (Å²) in [6.45, 7) is 9.30. The van der Waals surface area contributed by atoms with Gasteiger partial charge in [-0.05, 0) is 50.7 Å². The summed E-state index contributed by atoms with van der Waals surface area (Å²) < 4.78 is 5.71. The minimum absolute atomic E-state index is 0.236. The molecular weight excluding hydrogens is 388 g/mol. The van der Waals surface area contributed by atoms with Crippen LogP contribution in [0.2, 0.25) is 0 Å². The molecule has 3 aliphatic rings. The third-order valence-electron chi connectivity index (χ3n) is 6.95. The fourth-order valence-corrected chi connectivity index (χ4v) is 5.49. The summed E-state index contributed by atoms with van der Waals surface area (Å²) in [5.41, 5.74) is 4.59. The minimum Gasteiger partial charge on any atom is -0.504 e. The van der Waals surface area contributed by atoms with E-state index >= 15 is 0 Å². The van der Waals surface area contributed by atoms with Gasteiger partial charge in [0.05, 0.1) is 12.3 Å². The van der Waals surface area contributed by atoms with Crippen LogP contribution >= 0.6 is 0 Å². The second-order valence-corrected chi connectivity index (χ2v) is 8.92. The molecule has 0 spiro atoms. The molecule has 2 unspecified atom stereocenters. The topological polar surface area (TPSA) is 61.7 Å². The van der Waals surface area contributed by atoms with Crippen LogP contribution in [0.25, 0.3) is 0 Å². The monoisotopic (exact) mass is 420 g/mol. The fraction of sp³-hybridized carbons (Fsp3) is 0.520. The van der Waals surface area contributed by atoms with E-state index in [-0.39, 0.29) is 5.75 Å². The number of hydrogen-bond donors (Lipinski definition) is 1. The highest BCUT2D eigenvalue weighted by molar-refractivity contribution is 5.49. The maximum Gasteiger partial charge on any atom is 0.225 e. The number of allylic oxidation sites excluding steroid dienone is 1. The second kappa shape index (κ2) is 8.50. The van der Waals surface area contributed by atoms with Crippen molar-refractivity contribution in [3.05, 3.63) is 53.4 Å². The van der Waals surface area contributed by atoms with Gasteiger partial charge in [0, 0.05) is 55.5 Å². The van der Waals surface area contributed by atoms with Crippen LogP contribution in [0, 0.1) is 0 Å². The summed E-state index contributed by atoms with van der Waals surface area (Å²) in [4.78, 5) is 14.7. The van der Waals surface area contributed by atoms with Crippen molar-refractivity contribution >= 4 is 5.95 Å². The minimum atomic E-state index is 0.236. The number of anilines is 1. The summed E-state index contributed by atoms with van der Waals surface area (Å²) in [5, 5.41) is 10.5. The number of rotatable bonds is 7. The van der Waals surface area contributed by atoms with Crippen LogP contribution in [0.3, 0.4) is 0 Å². The van der Waals surface area contributed by atoms with Gasteiger partial charge in [0.25, 0.3) is 0 Å². The van der Waals surface area contributed by atoms with E-state index in [1.165, 1.54) is 36.1 Å². The van der Waals surface area contributed by atoms with Crippen molar-refractivity contribution in [2.75, 3.05) is 24.6 Å². The highest BCUT2D eigenvalue weighted by atomic mass is 16.5. The lowest BCUT2D eigenvalue weighted by molar-refractivity contribution is 0.166. The highest BCUT2D eigenvalue weighted by Crippen LogP contribution is 2.44. The van der Waals surface area contributed by atoms with Crippen LogP contribution < -0.4 is 9.64 Å². The Morgan fingerprint density at radius 3 is 2.87 bits per heavy atom. The second-order valence-electron chi connectivity index (χ2n) is 8.92. The number of aromatic hydroxyl groups is 1. The molecule has 3 aliphatic heterocycles. The van der Waals surface area contributed by atoms with Gasteiger partial charge in [-0.25, -0.2) is 9.97 Å². The Morgan fingerprint density at radius 2 is 2.10 bits per heavy atom. The molecule has 6 nitrogen and oxygen atoms in total. The van der Waals surface area contributed by atoms with Crippen molar-refractivity contribution in [1.29, 1.82) is 0 Å². The molecule has 2 bridgehead atoms. The van der Waals surface area contributed by atoms with Gasteiger partial charge in [0.2, 0.25) is 5.95 Å². The van der Waals surface area contributed by atoms with Gasteiger partial charge in [-0.3, -0.25) is 4.90 Å². The predicted molar refractivity (Wildman–Crippen MR) is 122 cm³/mol. The zero-order valence-electron chi connectivity index (χ0n) is 18.4. The van der Waals surface area contributed by atoms with Gasteiger partial charge in [-0.2, -0.15) is 0 Å². The molecule has 1 aromatic carbocycles. The van der Waals surface area contributed by atoms with E-state index < -0.39 is 0 Å². The summed E-state index contributed by atoms with van der Waals surface area (Å²) in [7, 11) is 0. The van der Waals surface area contributed by atoms with Gasteiger partial charge < -0.3 is 14.7 Å². The van der Waals surface area contributed by atoms with Gasteiger partial charge in [0.1, 0.15) is 0 Å². The number of phenols is 1. The van der Waals surface area contributed by atoms with Crippen molar-refractivity contribution in [3.63, 3.8) is 0 Å². The van der Waals surface area contributed by atoms with E-state index in [9.17, 15) is 5.11 Å². The van der Waals surface area contributed by atoms with Crippen LogP contribution in [-0.2, 0) is 19.4 Å². The largest absolute Gasteiger partial charge is 0.504 e. The van der Waals surface area contributed by atoms with Crippen molar-refractivity contribution < 1.29 is 9.84 Å². The Kier molecular flexibility index (Phi) is 5.57. The maximum atomic E-state index is 10.5. The predicted octanol–water partition coefficient (Wildman–Crippen LogP) is 4.17. The Labute approximate surface area is 184 Å². The quantitative estimate of drug-likeness (QED) is 0.679. The number of benzene rings is 1. The highest BCUT2D eigenvalue weighted by Gasteiger charge is 2.41. The summed E-state index contributed by atoms with van der Waals surface area (Å²) in [5.74, 6) is 1.72. The number of hydrogen-bond acceptors (Lipinski definition) is 6. The van der Waals surface area contributed by atoms with Crippen LogP contribution in [0.5, 0.6) is 11.5 Å². The lowest BCUT2D eigenvalue weighted by Crippen LogP contribution is -2.38. The molecule has 1 N–H and O–H groups in total. The molecular formula is C25H32N4O2. The van der Waals surface area contributed by atoms with Crippen LogP contribution in [0.15, 0.2) is 31.0 Å². The summed E-state index contributed by atoms with van der Waals surface area (Å²) in [6.07, 6.45) is 10.3. The number of fused-ring (bicyclic) bond motifs is 4. The Balaban J connectivity index is 1.41. The normalized spacial score (nSPS) is 22.5. The van der Waals surface area contributed by atoms with Crippen molar-refractivity contribution in [1.82, 2.24) is 14.9 Å². The van der Waals surface area contributed by atoms with Crippen molar-refractivity contribution in [2.24, 2.45) is 0 Å². The average Bonchev–Trinajstić information content (AvgIpc) is 3.39. The number of ether oxygens (including phenoxy) is 1. The molecule has 0 amide bonds. The van der Waals surface area contributed by atoms with Crippen LogP contribution in [-0.4, -0.2) is 45.7 Å². The average molecular weight is 421 g/mol. The molecule has 31 heavy (non-hydrogen) atoms. The van der Waals surface area contributed by atoms with E-state index in [4.69, 9.17) is 14.7 Å². The van der Waals surface area contributed by atoms with E-state index in [1.54, 1.807) is 0 Å². The first-order valence-electron chi connectivity index (χ1n) is 11.6. The van der Waals surface area contributed by atoms with Gasteiger partial charge in [-0.1, -0.05) is 12.1 Å². The first kappa shape index (κ1) is 20.3. The zero-order chi connectivity index (χ0) is 21.4. The van der Waals surface area contributed by atoms with E-state index in [0.717, 1.165) is 44.0 Å². The number of nitrogens with zero attached hydrogens (tertiary/aromatic N) is 4. The Bertz CT molecular complexity index is 970. The molecule has 0 aliphatic carbocycles. The van der Waals surface area contributed by atoms with E-state index in [0.29, 0.717) is 30.9 Å². The third kappa shape index (κ3) is 3.78. The summed E-state index contributed by atoms with van der Waals surface area (Å²) in [6, 6.07) is 4.97. The van der Waals surface area contributed by atoms with Crippen LogP contribution in [0.4, 0.5) is 5.95 Å². The zero-order valence-corrected chi connectivity index (χ0v) is 18.4. The molecule has 0 radical (unpaired) electrons. The smallest absolute Gasteiger partial charge is 0.225 e. The Morgan fingerprint density at radius 1 is 1.26 bits per heavy atom. The van der Waals surface area contributed by atoms with Gasteiger partial charge in [-0.15, -0.1) is 6.58 Å². The molecule has 0 saturated carbocycles. The SMILES string of the molecule is C=CCc1cc(CN2C3CCC2c2cnc(N4CCCC4)nc2C3)cc(OCC)c1O. The van der Waals surface area contributed by atoms with Crippen LogP contribution in [0.1, 0.15) is 61.0 Å². The number of aromatic nitrogens is 2. The molecule has 1 aromatic heterocycles.